The van der Waals surface area contributed by atoms with Crippen molar-refractivity contribution in [3.8, 4) is 5.75 Å². The van der Waals surface area contributed by atoms with Crippen molar-refractivity contribution in [2.75, 3.05) is 0 Å². The first-order valence-electron chi connectivity index (χ1n) is 4.87. The molecule has 0 aliphatic heterocycles. The summed E-state index contributed by atoms with van der Waals surface area (Å²) in [6, 6.07) is 16.7. The fraction of sp³-hybridized carbons (Fsp3) is 0.0769. The lowest BCUT2D eigenvalue weighted by atomic mass is 10.00. The molecular formula is C13H13NO. The van der Waals surface area contributed by atoms with Gasteiger partial charge >= 0.3 is 0 Å². The number of benzene rings is 2. The Hall–Kier alpha value is -1.80. The van der Waals surface area contributed by atoms with Gasteiger partial charge in [-0.25, -0.2) is 0 Å². The molecule has 3 N–H and O–H groups in total. The zero-order valence-corrected chi connectivity index (χ0v) is 8.30. The quantitative estimate of drug-likeness (QED) is 0.780. The Morgan fingerprint density at radius 2 is 1.53 bits per heavy atom. The van der Waals surface area contributed by atoms with Crippen molar-refractivity contribution in [1.29, 1.82) is 0 Å². The van der Waals surface area contributed by atoms with Crippen LogP contribution in [0.25, 0.3) is 0 Å². The van der Waals surface area contributed by atoms with Crippen molar-refractivity contribution in [1.82, 2.24) is 0 Å². The summed E-state index contributed by atoms with van der Waals surface area (Å²) in [7, 11) is 0. The zero-order chi connectivity index (χ0) is 10.7. The van der Waals surface area contributed by atoms with E-state index in [1.54, 1.807) is 18.2 Å². The van der Waals surface area contributed by atoms with Crippen LogP contribution in [0.15, 0.2) is 54.6 Å². The monoisotopic (exact) mass is 199 g/mol. The smallest absolute Gasteiger partial charge is 0.115 e. The minimum absolute atomic E-state index is 0.182. The zero-order valence-electron chi connectivity index (χ0n) is 8.30. The third kappa shape index (κ3) is 2.17. The molecule has 2 heteroatoms. The average Bonchev–Trinajstić information content (AvgIpc) is 2.29. The van der Waals surface area contributed by atoms with Gasteiger partial charge in [0.15, 0.2) is 0 Å². The molecule has 15 heavy (non-hydrogen) atoms. The molecule has 76 valence electrons. The lowest BCUT2D eigenvalue weighted by Crippen LogP contribution is -2.11. The highest BCUT2D eigenvalue weighted by Crippen LogP contribution is 2.22. The highest BCUT2D eigenvalue weighted by atomic mass is 16.3. The molecule has 2 rings (SSSR count). The van der Waals surface area contributed by atoms with Crippen molar-refractivity contribution < 1.29 is 5.11 Å². The number of aromatic hydroxyl groups is 1. The van der Waals surface area contributed by atoms with Gasteiger partial charge in [0, 0.05) is 0 Å². The van der Waals surface area contributed by atoms with E-state index in [0.29, 0.717) is 0 Å². The molecule has 2 aromatic carbocycles. The molecule has 0 bridgehead atoms. The Bertz CT molecular complexity index is 439. The van der Waals surface area contributed by atoms with Gasteiger partial charge in [-0.3, -0.25) is 0 Å². The summed E-state index contributed by atoms with van der Waals surface area (Å²) in [6.07, 6.45) is 0. The molecule has 0 aromatic heterocycles. The minimum Gasteiger partial charge on any atom is -0.508 e. The summed E-state index contributed by atoms with van der Waals surface area (Å²) in [4.78, 5) is 0. The molecule has 0 fully saturated rings. The van der Waals surface area contributed by atoms with Gasteiger partial charge in [0.2, 0.25) is 0 Å². The second kappa shape index (κ2) is 4.15. The molecule has 2 aromatic rings. The molecule has 0 amide bonds. The molecule has 1 atom stereocenters. The second-order valence-corrected chi connectivity index (χ2v) is 3.48. The summed E-state index contributed by atoms with van der Waals surface area (Å²) in [5, 5.41) is 9.35. The van der Waals surface area contributed by atoms with Crippen molar-refractivity contribution >= 4 is 0 Å². The first-order chi connectivity index (χ1) is 7.27. The SMILES string of the molecule is N[C@@H](c1ccccc1)c1cccc(O)c1. The molecule has 0 heterocycles. The first-order valence-corrected chi connectivity index (χ1v) is 4.87. The van der Waals surface area contributed by atoms with Crippen LogP contribution in [0.4, 0.5) is 0 Å². The predicted molar refractivity (Wildman–Crippen MR) is 60.6 cm³/mol. The first kappa shape index (κ1) is 9.74. The second-order valence-electron chi connectivity index (χ2n) is 3.48. The average molecular weight is 199 g/mol. The van der Waals surface area contributed by atoms with Crippen LogP contribution in [-0.2, 0) is 0 Å². The Kier molecular flexibility index (Phi) is 2.70. The van der Waals surface area contributed by atoms with E-state index in [2.05, 4.69) is 0 Å². The maximum atomic E-state index is 9.35. The third-order valence-electron chi connectivity index (χ3n) is 2.39. The van der Waals surface area contributed by atoms with E-state index < -0.39 is 0 Å². The van der Waals surface area contributed by atoms with E-state index in [9.17, 15) is 5.11 Å². The molecule has 0 aliphatic carbocycles. The summed E-state index contributed by atoms with van der Waals surface area (Å²) >= 11 is 0. The maximum absolute atomic E-state index is 9.35. The van der Waals surface area contributed by atoms with Gasteiger partial charge in [-0.1, -0.05) is 42.5 Å². The van der Waals surface area contributed by atoms with Crippen LogP contribution in [0.2, 0.25) is 0 Å². The van der Waals surface area contributed by atoms with Crippen LogP contribution in [-0.4, -0.2) is 5.11 Å². The van der Waals surface area contributed by atoms with Gasteiger partial charge in [0.05, 0.1) is 6.04 Å². The Morgan fingerprint density at radius 3 is 2.20 bits per heavy atom. The van der Waals surface area contributed by atoms with Crippen molar-refractivity contribution in [2.45, 2.75) is 6.04 Å². The third-order valence-corrected chi connectivity index (χ3v) is 2.39. The molecule has 0 unspecified atom stereocenters. The van der Waals surface area contributed by atoms with Crippen LogP contribution in [0.1, 0.15) is 17.2 Å². The van der Waals surface area contributed by atoms with Crippen LogP contribution in [0, 0.1) is 0 Å². The van der Waals surface area contributed by atoms with Gasteiger partial charge in [-0.2, -0.15) is 0 Å². The van der Waals surface area contributed by atoms with E-state index in [0.717, 1.165) is 11.1 Å². The number of hydrogen-bond acceptors (Lipinski definition) is 2. The maximum Gasteiger partial charge on any atom is 0.115 e. The summed E-state index contributed by atoms with van der Waals surface area (Å²) in [5.41, 5.74) is 8.04. The fourth-order valence-electron chi connectivity index (χ4n) is 1.57. The number of hydrogen-bond donors (Lipinski definition) is 2. The fourth-order valence-corrected chi connectivity index (χ4v) is 1.57. The summed E-state index contributed by atoms with van der Waals surface area (Å²) < 4.78 is 0. The Labute approximate surface area is 89.0 Å². The van der Waals surface area contributed by atoms with Gasteiger partial charge in [0.1, 0.15) is 5.75 Å². The highest BCUT2D eigenvalue weighted by Gasteiger charge is 2.07. The van der Waals surface area contributed by atoms with E-state index in [1.807, 2.05) is 36.4 Å². The number of rotatable bonds is 2. The standard InChI is InChI=1S/C13H13NO/c14-13(10-5-2-1-3-6-10)11-7-4-8-12(15)9-11/h1-9,13,15H,14H2/t13-/m0/s1. The van der Waals surface area contributed by atoms with Crippen molar-refractivity contribution in [3.05, 3.63) is 65.7 Å². The normalized spacial score (nSPS) is 12.3. The van der Waals surface area contributed by atoms with Crippen LogP contribution in [0.5, 0.6) is 5.75 Å². The number of phenolic OH excluding ortho intramolecular Hbond substituents is 1. The van der Waals surface area contributed by atoms with Crippen LogP contribution >= 0.6 is 0 Å². The molecule has 2 nitrogen and oxygen atoms in total. The van der Waals surface area contributed by atoms with E-state index >= 15 is 0 Å². The number of phenols is 1. The lowest BCUT2D eigenvalue weighted by molar-refractivity contribution is 0.474. The highest BCUT2D eigenvalue weighted by molar-refractivity contribution is 5.35. The minimum atomic E-state index is -0.182. The molecular weight excluding hydrogens is 186 g/mol. The van der Waals surface area contributed by atoms with E-state index in [1.165, 1.54) is 0 Å². The lowest BCUT2D eigenvalue weighted by Gasteiger charge is -2.12. The Balaban J connectivity index is 2.32. The topological polar surface area (TPSA) is 46.2 Å². The summed E-state index contributed by atoms with van der Waals surface area (Å²) in [5.74, 6) is 0.249. The van der Waals surface area contributed by atoms with Crippen LogP contribution < -0.4 is 5.73 Å². The predicted octanol–water partition coefficient (Wildman–Crippen LogP) is 2.44. The van der Waals surface area contributed by atoms with Gasteiger partial charge in [-0.05, 0) is 23.3 Å². The van der Waals surface area contributed by atoms with E-state index in [4.69, 9.17) is 5.73 Å². The molecule has 0 spiro atoms. The summed E-state index contributed by atoms with van der Waals surface area (Å²) in [6.45, 7) is 0. The van der Waals surface area contributed by atoms with E-state index in [-0.39, 0.29) is 11.8 Å². The van der Waals surface area contributed by atoms with Crippen molar-refractivity contribution in [2.24, 2.45) is 5.73 Å². The largest absolute Gasteiger partial charge is 0.508 e. The molecule has 0 aliphatic rings. The molecule has 0 saturated heterocycles. The van der Waals surface area contributed by atoms with Gasteiger partial charge in [0.25, 0.3) is 0 Å². The Morgan fingerprint density at radius 1 is 0.867 bits per heavy atom. The molecule has 0 saturated carbocycles. The van der Waals surface area contributed by atoms with Crippen molar-refractivity contribution in [3.63, 3.8) is 0 Å². The van der Waals surface area contributed by atoms with Gasteiger partial charge < -0.3 is 10.8 Å². The molecule has 0 radical (unpaired) electrons. The van der Waals surface area contributed by atoms with Gasteiger partial charge in [-0.15, -0.1) is 0 Å². The van der Waals surface area contributed by atoms with Crippen LogP contribution in [0.3, 0.4) is 0 Å². The number of nitrogens with two attached hydrogens (primary N) is 1.